The second kappa shape index (κ2) is 8.59. The SMILES string of the molecule is COc1ccc(-c2[nH]c3ncccc3c2CN(C)C(C)c2ccc(OC)cc2)cc1. The van der Waals surface area contributed by atoms with Crippen LogP contribution < -0.4 is 9.47 Å². The summed E-state index contributed by atoms with van der Waals surface area (Å²) in [6.45, 7) is 3.02. The van der Waals surface area contributed by atoms with Gasteiger partial charge >= 0.3 is 0 Å². The number of fused-ring (bicyclic) bond motifs is 1. The van der Waals surface area contributed by atoms with Crippen molar-refractivity contribution < 1.29 is 9.47 Å². The second-order valence-corrected chi connectivity index (χ2v) is 7.47. The molecule has 0 saturated carbocycles. The number of hydrogen-bond donors (Lipinski definition) is 1. The monoisotopic (exact) mass is 401 g/mol. The van der Waals surface area contributed by atoms with Gasteiger partial charge in [0.1, 0.15) is 17.1 Å². The van der Waals surface area contributed by atoms with Crippen molar-refractivity contribution in [2.24, 2.45) is 0 Å². The van der Waals surface area contributed by atoms with Crippen molar-refractivity contribution >= 4 is 11.0 Å². The van der Waals surface area contributed by atoms with Gasteiger partial charge in [-0.05, 0) is 73.6 Å². The van der Waals surface area contributed by atoms with Gasteiger partial charge in [0, 0.05) is 29.7 Å². The van der Waals surface area contributed by atoms with Crippen LogP contribution in [0.15, 0.2) is 66.9 Å². The van der Waals surface area contributed by atoms with Crippen LogP contribution in [0.4, 0.5) is 0 Å². The van der Waals surface area contributed by atoms with Gasteiger partial charge in [0.05, 0.1) is 19.9 Å². The molecule has 0 saturated heterocycles. The highest BCUT2D eigenvalue weighted by atomic mass is 16.5. The molecular weight excluding hydrogens is 374 g/mol. The Kier molecular flexibility index (Phi) is 5.72. The summed E-state index contributed by atoms with van der Waals surface area (Å²) in [6, 6.07) is 20.8. The molecule has 1 unspecified atom stereocenters. The summed E-state index contributed by atoms with van der Waals surface area (Å²) >= 11 is 0. The molecule has 5 heteroatoms. The molecule has 0 aliphatic heterocycles. The van der Waals surface area contributed by atoms with Crippen LogP contribution in [-0.4, -0.2) is 36.1 Å². The minimum Gasteiger partial charge on any atom is -0.497 e. The highest BCUT2D eigenvalue weighted by Crippen LogP contribution is 2.33. The smallest absolute Gasteiger partial charge is 0.138 e. The lowest BCUT2D eigenvalue weighted by Crippen LogP contribution is -2.22. The van der Waals surface area contributed by atoms with Gasteiger partial charge in [0.25, 0.3) is 0 Å². The molecule has 0 aliphatic rings. The van der Waals surface area contributed by atoms with Crippen LogP contribution in [0.3, 0.4) is 0 Å². The van der Waals surface area contributed by atoms with E-state index in [0.717, 1.165) is 40.3 Å². The molecular formula is C25H27N3O2. The molecule has 2 heterocycles. The number of aromatic amines is 1. The van der Waals surface area contributed by atoms with Gasteiger partial charge < -0.3 is 14.5 Å². The van der Waals surface area contributed by atoms with Crippen LogP contribution in [0.25, 0.3) is 22.3 Å². The van der Waals surface area contributed by atoms with Crippen LogP contribution in [0.5, 0.6) is 11.5 Å². The van der Waals surface area contributed by atoms with Gasteiger partial charge in [-0.15, -0.1) is 0 Å². The predicted octanol–water partition coefficient (Wildman–Crippen LogP) is 5.44. The number of nitrogens with one attached hydrogen (secondary N) is 1. The molecule has 0 radical (unpaired) electrons. The fourth-order valence-electron chi connectivity index (χ4n) is 3.77. The minimum absolute atomic E-state index is 0.251. The summed E-state index contributed by atoms with van der Waals surface area (Å²) in [4.78, 5) is 10.4. The normalized spacial score (nSPS) is 12.3. The maximum absolute atomic E-state index is 5.32. The summed E-state index contributed by atoms with van der Waals surface area (Å²) in [5.41, 5.74) is 5.62. The lowest BCUT2D eigenvalue weighted by molar-refractivity contribution is 0.254. The first-order chi connectivity index (χ1) is 14.6. The number of hydrogen-bond acceptors (Lipinski definition) is 4. The molecule has 0 amide bonds. The molecule has 0 spiro atoms. The zero-order valence-corrected chi connectivity index (χ0v) is 17.8. The highest BCUT2D eigenvalue weighted by Gasteiger charge is 2.19. The van der Waals surface area contributed by atoms with E-state index in [0.29, 0.717) is 0 Å². The van der Waals surface area contributed by atoms with Crippen LogP contribution in [0.2, 0.25) is 0 Å². The molecule has 30 heavy (non-hydrogen) atoms. The standard InChI is InChI=1S/C25H27N3O2/c1-17(18-7-11-20(29-3)12-8-18)28(2)16-23-22-6-5-15-26-25(22)27-24(23)19-9-13-21(30-4)14-10-19/h5-15,17H,16H2,1-4H3,(H,26,27). The topological polar surface area (TPSA) is 50.4 Å². The Morgan fingerprint density at radius 2 is 1.57 bits per heavy atom. The Bertz CT molecular complexity index is 1120. The van der Waals surface area contributed by atoms with Gasteiger partial charge in [0.15, 0.2) is 0 Å². The number of benzene rings is 2. The van der Waals surface area contributed by atoms with Gasteiger partial charge in [0.2, 0.25) is 0 Å². The van der Waals surface area contributed by atoms with E-state index in [1.54, 1.807) is 14.2 Å². The first kappa shape index (κ1) is 20.0. The summed E-state index contributed by atoms with van der Waals surface area (Å²) in [7, 11) is 5.53. The lowest BCUT2D eigenvalue weighted by Gasteiger charge is -2.25. The number of methoxy groups -OCH3 is 2. The Morgan fingerprint density at radius 1 is 0.933 bits per heavy atom. The average molecular weight is 402 g/mol. The Morgan fingerprint density at radius 3 is 2.20 bits per heavy atom. The molecule has 4 rings (SSSR count). The summed E-state index contributed by atoms with van der Waals surface area (Å²) in [5.74, 6) is 1.72. The van der Waals surface area contributed by atoms with E-state index < -0.39 is 0 Å². The fraction of sp³-hybridized carbons (Fsp3) is 0.240. The highest BCUT2D eigenvalue weighted by molar-refractivity contribution is 5.88. The van der Waals surface area contributed by atoms with Gasteiger partial charge in [-0.3, -0.25) is 4.90 Å². The third-order valence-corrected chi connectivity index (χ3v) is 5.72. The van der Waals surface area contributed by atoms with Crippen LogP contribution in [0, 0.1) is 0 Å². The zero-order valence-electron chi connectivity index (χ0n) is 17.8. The third kappa shape index (κ3) is 3.89. The van der Waals surface area contributed by atoms with E-state index in [2.05, 4.69) is 59.2 Å². The first-order valence-corrected chi connectivity index (χ1v) is 10.0. The maximum atomic E-state index is 5.32. The molecule has 4 aromatic rings. The summed E-state index contributed by atoms with van der Waals surface area (Å²) < 4.78 is 10.6. The van der Waals surface area contributed by atoms with E-state index in [4.69, 9.17) is 9.47 Å². The molecule has 1 atom stereocenters. The van der Waals surface area contributed by atoms with Crippen molar-refractivity contribution in [3.05, 3.63) is 78.0 Å². The lowest BCUT2D eigenvalue weighted by atomic mass is 10.0. The van der Waals surface area contributed by atoms with E-state index >= 15 is 0 Å². The van der Waals surface area contributed by atoms with Gasteiger partial charge in [-0.25, -0.2) is 4.98 Å². The summed E-state index contributed by atoms with van der Waals surface area (Å²) in [5, 5.41) is 1.15. The zero-order chi connectivity index (χ0) is 21.1. The number of H-pyrrole nitrogens is 1. The first-order valence-electron chi connectivity index (χ1n) is 10.0. The fourth-order valence-corrected chi connectivity index (χ4v) is 3.77. The van der Waals surface area contributed by atoms with Crippen molar-refractivity contribution in [2.75, 3.05) is 21.3 Å². The Labute approximate surface area is 177 Å². The van der Waals surface area contributed by atoms with Crippen molar-refractivity contribution in [3.8, 4) is 22.8 Å². The second-order valence-electron chi connectivity index (χ2n) is 7.47. The van der Waals surface area contributed by atoms with Crippen LogP contribution in [0.1, 0.15) is 24.1 Å². The largest absolute Gasteiger partial charge is 0.497 e. The van der Waals surface area contributed by atoms with Gasteiger partial charge in [-0.2, -0.15) is 0 Å². The molecule has 0 fully saturated rings. The number of pyridine rings is 1. The van der Waals surface area contributed by atoms with Gasteiger partial charge in [-0.1, -0.05) is 12.1 Å². The van der Waals surface area contributed by atoms with E-state index in [-0.39, 0.29) is 6.04 Å². The van der Waals surface area contributed by atoms with Crippen LogP contribution in [-0.2, 0) is 6.54 Å². The van der Waals surface area contributed by atoms with E-state index in [1.807, 2.05) is 36.5 Å². The minimum atomic E-state index is 0.251. The van der Waals surface area contributed by atoms with Crippen molar-refractivity contribution in [1.29, 1.82) is 0 Å². The molecule has 154 valence electrons. The quantitative estimate of drug-likeness (QED) is 0.448. The number of nitrogens with zero attached hydrogens (tertiary/aromatic N) is 2. The molecule has 0 aliphatic carbocycles. The van der Waals surface area contributed by atoms with Crippen molar-refractivity contribution in [1.82, 2.24) is 14.9 Å². The Hall–Kier alpha value is -3.31. The molecule has 1 N–H and O–H groups in total. The molecule has 0 bridgehead atoms. The maximum Gasteiger partial charge on any atom is 0.138 e. The summed E-state index contributed by atoms with van der Waals surface area (Å²) in [6.07, 6.45) is 1.82. The van der Waals surface area contributed by atoms with Crippen molar-refractivity contribution in [3.63, 3.8) is 0 Å². The number of aromatic nitrogens is 2. The van der Waals surface area contributed by atoms with Crippen LogP contribution >= 0.6 is 0 Å². The van der Waals surface area contributed by atoms with E-state index in [9.17, 15) is 0 Å². The predicted molar refractivity (Wildman–Crippen MR) is 121 cm³/mol. The number of ether oxygens (including phenoxy) is 2. The van der Waals surface area contributed by atoms with E-state index in [1.165, 1.54) is 11.1 Å². The van der Waals surface area contributed by atoms with Crippen molar-refractivity contribution in [2.45, 2.75) is 19.5 Å². The Balaban J connectivity index is 1.68. The molecule has 2 aromatic heterocycles. The molecule has 2 aromatic carbocycles. The third-order valence-electron chi connectivity index (χ3n) is 5.72. The number of rotatable bonds is 7. The molecule has 5 nitrogen and oxygen atoms in total. The average Bonchev–Trinajstić information content (AvgIpc) is 3.17.